The molecule has 0 saturated carbocycles. The summed E-state index contributed by atoms with van der Waals surface area (Å²) >= 11 is 0. The minimum absolute atomic E-state index is 0.530. The minimum atomic E-state index is -1.65. The average molecular weight is 457 g/mol. The minimum Gasteiger partial charge on any atom is -0.393 e. The highest BCUT2D eigenvalue weighted by molar-refractivity contribution is 5.90. The van der Waals surface area contributed by atoms with Gasteiger partial charge in [-0.05, 0) is 19.3 Å². The molecule has 190 valence electrons. The zero-order valence-corrected chi connectivity index (χ0v) is 21.3. The van der Waals surface area contributed by atoms with Crippen LogP contribution in [-0.4, -0.2) is 34.9 Å². The number of esters is 2. The molecule has 32 heavy (non-hydrogen) atoms. The summed E-state index contributed by atoms with van der Waals surface area (Å²) in [6, 6.07) is 0. The van der Waals surface area contributed by atoms with Gasteiger partial charge in [0.25, 0.3) is 0 Å². The summed E-state index contributed by atoms with van der Waals surface area (Å²) in [6.45, 7) is 5.65. The Bertz CT molecular complexity index is 465. The first-order valence-electron chi connectivity index (χ1n) is 13.5. The quantitative estimate of drug-likeness (QED) is 0.105. The molecule has 0 rings (SSSR count). The van der Waals surface area contributed by atoms with Crippen molar-refractivity contribution in [2.45, 2.75) is 149 Å². The largest absolute Gasteiger partial charge is 0.393 e. The van der Waals surface area contributed by atoms with Gasteiger partial charge >= 0.3 is 11.9 Å². The summed E-state index contributed by atoms with van der Waals surface area (Å²) in [5, 5.41) is 18.4. The number of aliphatic hydroxyl groups is 2. The van der Waals surface area contributed by atoms with Crippen LogP contribution in [0.4, 0.5) is 0 Å². The van der Waals surface area contributed by atoms with E-state index in [1.54, 1.807) is 0 Å². The molecule has 0 amide bonds. The molecule has 5 heteroatoms. The van der Waals surface area contributed by atoms with E-state index in [1.807, 2.05) is 6.92 Å². The summed E-state index contributed by atoms with van der Waals surface area (Å²) in [5.74, 6) is -1.57. The molecule has 0 aromatic rings. The van der Waals surface area contributed by atoms with Crippen LogP contribution < -0.4 is 0 Å². The van der Waals surface area contributed by atoms with E-state index in [2.05, 4.69) is 13.8 Å². The van der Waals surface area contributed by atoms with Crippen LogP contribution in [-0.2, 0) is 14.3 Å². The molecule has 0 aliphatic carbocycles. The topological polar surface area (TPSA) is 83.8 Å². The molecule has 0 saturated heterocycles. The molecule has 2 unspecified atom stereocenters. The highest BCUT2D eigenvalue weighted by atomic mass is 16.6. The molecule has 0 aliphatic rings. The molecule has 5 nitrogen and oxygen atoms in total. The lowest BCUT2D eigenvalue weighted by molar-refractivity contribution is -0.175. The Balaban J connectivity index is 4.39. The van der Waals surface area contributed by atoms with Crippen LogP contribution in [0.5, 0.6) is 0 Å². The van der Waals surface area contributed by atoms with Crippen molar-refractivity contribution in [3.8, 4) is 0 Å². The summed E-state index contributed by atoms with van der Waals surface area (Å²) in [6.07, 6.45) is 19.9. The smallest absolute Gasteiger partial charge is 0.345 e. The van der Waals surface area contributed by atoms with E-state index in [4.69, 9.17) is 9.84 Å². The Labute approximate surface area is 197 Å². The van der Waals surface area contributed by atoms with E-state index in [0.717, 1.165) is 38.5 Å². The first kappa shape index (κ1) is 31.1. The molecule has 0 aromatic carbocycles. The number of carbonyl (C=O) groups excluding carboxylic acids is 2. The normalized spacial score (nSPS) is 14.2. The maximum absolute atomic E-state index is 12.9. The van der Waals surface area contributed by atoms with Gasteiger partial charge in [0.1, 0.15) is 0 Å². The van der Waals surface area contributed by atoms with Gasteiger partial charge in [0.2, 0.25) is 0 Å². The van der Waals surface area contributed by atoms with Gasteiger partial charge < -0.3 is 14.9 Å². The SMILES string of the molecule is CCCCCCCCCCCCCCC(CC)(CCCCCC)C(=O)OC(=O)C(O)CO. The molecule has 0 spiro atoms. The van der Waals surface area contributed by atoms with Crippen LogP contribution >= 0.6 is 0 Å². The van der Waals surface area contributed by atoms with Gasteiger partial charge in [0.05, 0.1) is 12.0 Å². The number of hydrogen-bond acceptors (Lipinski definition) is 5. The van der Waals surface area contributed by atoms with Gasteiger partial charge in [-0.15, -0.1) is 0 Å². The summed E-state index contributed by atoms with van der Waals surface area (Å²) in [4.78, 5) is 24.7. The van der Waals surface area contributed by atoms with Gasteiger partial charge in [-0.3, -0.25) is 4.79 Å². The zero-order valence-electron chi connectivity index (χ0n) is 21.3. The fourth-order valence-corrected chi connectivity index (χ4v) is 4.36. The number of carbonyl (C=O) groups is 2. The third kappa shape index (κ3) is 14.3. The maximum Gasteiger partial charge on any atom is 0.345 e. The van der Waals surface area contributed by atoms with Crippen LogP contribution in [0.3, 0.4) is 0 Å². The van der Waals surface area contributed by atoms with Crippen molar-refractivity contribution in [2.75, 3.05) is 6.61 Å². The predicted octanol–water partition coefficient (Wildman–Crippen LogP) is 6.87. The van der Waals surface area contributed by atoms with Crippen molar-refractivity contribution >= 4 is 11.9 Å². The number of rotatable bonds is 22. The Morgan fingerprint density at radius 2 is 1.06 bits per heavy atom. The van der Waals surface area contributed by atoms with Crippen molar-refractivity contribution in [3.05, 3.63) is 0 Å². The van der Waals surface area contributed by atoms with Crippen molar-refractivity contribution < 1.29 is 24.5 Å². The molecule has 0 radical (unpaired) electrons. The summed E-state index contributed by atoms with van der Waals surface area (Å²) in [5.41, 5.74) is -0.670. The van der Waals surface area contributed by atoms with Gasteiger partial charge in [-0.1, -0.05) is 124 Å². The Morgan fingerprint density at radius 1 is 0.688 bits per heavy atom. The monoisotopic (exact) mass is 456 g/mol. The van der Waals surface area contributed by atoms with E-state index < -0.39 is 30.1 Å². The lowest BCUT2D eigenvalue weighted by Gasteiger charge is -2.30. The van der Waals surface area contributed by atoms with Crippen molar-refractivity contribution in [3.63, 3.8) is 0 Å². The second-order valence-electron chi connectivity index (χ2n) is 9.49. The van der Waals surface area contributed by atoms with E-state index in [0.29, 0.717) is 19.3 Å². The van der Waals surface area contributed by atoms with E-state index in [-0.39, 0.29) is 0 Å². The van der Waals surface area contributed by atoms with Gasteiger partial charge in [0.15, 0.2) is 6.10 Å². The molecule has 0 heterocycles. The first-order chi connectivity index (χ1) is 15.5. The third-order valence-corrected chi connectivity index (χ3v) is 6.77. The molecular formula is C27H52O5. The fourth-order valence-electron chi connectivity index (χ4n) is 4.36. The lowest BCUT2D eigenvalue weighted by atomic mass is 9.75. The zero-order chi connectivity index (χ0) is 24.1. The number of aliphatic hydroxyl groups excluding tert-OH is 2. The standard InChI is InChI=1S/C27H52O5/c1-4-7-9-11-12-13-14-15-16-17-18-20-22-27(6-3,21-19-10-8-5-2)26(31)32-25(30)24(29)23-28/h24,28-29H,4-23H2,1-3H3. The Morgan fingerprint density at radius 3 is 1.44 bits per heavy atom. The molecule has 0 fully saturated rings. The number of ether oxygens (including phenoxy) is 1. The van der Waals surface area contributed by atoms with Crippen LogP contribution in [0.1, 0.15) is 143 Å². The summed E-state index contributed by atoms with van der Waals surface area (Å²) < 4.78 is 4.99. The van der Waals surface area contributed by atoms with Gasteiger partial charge in [0, 0.05) is 0 Å². The lowest BCUT2D eigenvalue weighted by Crippen LogP contribution is -2.38. The van der Waals surface area contributed by atoms with E-state index in [1.165, 1.54) is 64.2 Å². The predicted molar refractivity (Wildman–Crippen MR) is 131 cm³/mol. The van der Waals surface area contributed by atoms with Crippen LogP contribution in [0.15, 0.2) is 0 Å². The molecule has 0 aliphatic heterocycles. The van der Waals surface area contributed by atoms with E-state index >= 15 is 0 Å². The van der Waals surface area contributed by atoms with Crippen molar-refractivity contribution in [1.82, 2.24) is 0 Å². The van der Waals surface area contributed by atoms with Crippen LogP contribution in [0.2, 0.25) is 0 Å². The summed E-state index contributed by atoms with van der Waals surface area (Å²) in [7, 11) is 0. The van der Waals surface area contributed by atoms with Crippen LogP contribution in [0, 0.1) is 5.41 Å². The van der Waals surface area contributed by atoms with Gasteiger partial charge in [-0.25, -0.2) is 4.79 Å². The second-order valence-corrected chi connectivity index (χ2v) is 9.49. The van der Waals surface area contributed by atoms with Crippen molar-refractivity contribution in [2.24, 2.45) is 5.41 Å². The fraction of sp³-hybridized carbons (Fsp3) is 0.926. The molecule has 2 atom stereocenters. The van der Waals surface area contributed by atoms with Crippen LogP contribution in [0.25, 0.3) is 0 Å². The molecule has 0 bridgehead atoms. The third-order valence-electron chi connectivity index (χ3n) is 6.77. The second kappa shape index (κ2) is 20.7. The maximum atomic E-state index is 12.9. The van der Waals surface area contributed by atoms with E-state index in [9.17, 15) is 14.7 Å². The molecular weight excluding hydrogens is 404 g/mol. The van der Waals surface area contributed by atoms with Gasteiger partial charge in [-0.2, -0.15) is 0 Å². The average Bonchev–Trinajstić information content (AvgIpc) is 2.80. The molecule has 0 aromatic heterocycles. The molecule has 2 N–H and O–H groups in total. The Hall–Kier alpha value is -0.940. The Kier molecular flexibility index (Phi) is 20.0. The first-order valence-corrected chi connectivity index (χ1v) is 13.5. The number of hydrogen-bond donors (Lipinski definition) is 2. The number of unbranched alkanes of at least 4 members (excludes halogenated alkanes) is 14. The highest BCUT2D eigenvalue weighted by Gasteiger charge is 2.39. The van der Waals surface area contributed by atoms with Crippen molar-refractivity contribution in [1.29, 1.82) is 0 Å². The highest BCUT2D eigenvalue weighted by Crippen LogP contribution is 2.37.